The van der Waals surface area contributed by atoms with Crippen molar-refractivity contribution >= 4 is 33.2 Å². The molecule has 174 valence electrons. The molecule has 0 saturated carbocycles. The Hall–Kier alpha value is -2.46. The molecule has 0 N–H and O–H groups in total. The molecule has 2 aromatic heterocycles. The van der Waals surface area contributed by atoms with Crippen molar-refractivity contribution in [1.82, 2.24) is 23.5 Å². The van der Waals surface area contributed by atoms with E-state index < -0.39 is 16.1 Å². The van der Waals surface area contributed by atoms with E-state index in [1.165, 1.54) is 4.31 Å². The highest BCUT2D eigenvalue weighted by Crippen LogP contribution is 2.27. The Morgan fingerprint density at radius 1 is 1.00 bits per heavy atom. The number of carbonyl (C=O) groups excluding carboxylic acids is 1. The minimum atomic E-state index is -3.68. The average molecular weight is 488 g/mol. The van der Waals surface area contributed by atoms with Gasteiger partial charge in [-0.1, -0.05) is 29.8 Å². The number of benzene rings is 1. The summed E-state index contributed by atoms with van der Waals surface area (Å²) in [6, 6.07) is 11.5. The van der Waals surface area contributed by atoms with E-state index in [9.17, 15) is 13.2 Å². The molecule has 1 unspecified atom stereocenters. The first-order valence-corrected chi connectivity index (χ1v) is 12.9. The fraction of sp³-hybridized carbons (Fsp3) is 0.391. The van der Waals surface area contributed by atoms with Crippen LogP contribution in [0.15, 0.2) is 59.8 Å². The van der Waals surface area contributed by atoms with Gasteiger partial charge in [0, 0.05) is 51.7 Å². The number of hydrogen-bond acceptors (Lipinski definition) is 5. The van der Waals surface area contributed by atoms with Crippen molar-refractivity contribution in [2.24, 2.45) is 0 Å². The van der Waals surface area contributed by atoms with Gasteiger partial charge in [0.15, 0.2) is 0 Å². The van der Waals surface area contributed by atoms with Crippen molar-refractivity contribution in [3.8, 4) is 0 Å². The van der Waals surface area contributed by atoms with Gasteiger partial charge in [-0.15, -0.1) is 0 Å². The maximum Gasteiger partial charge on any atom is 0.243 e. The molecule has 0 spiro atoms. The van der Waals surface area contributed by atoms with Crippen LogP contribution in [0.3, 0.4) is 0 Å². The van der Waals surface area contributed by atoms with Crippen molar-refractivity contribution in [3.63, 3.8) is 0 Å². The highest BCUT2D eigenvalue weighted by atomic mass is 35.5. The Bertz CT molecular complexity index is 1260. The molecule has 1 aromatic carbocycles. The smallest absolute Gasteiger partial charge is 0.243 e. The van der Waals surface area contributed by atoms with E-state index in [-0.39, 0.29) is 10.8 Å². The number of rotatable bonds is 5. The lowest BCUT2D eigenvalue weighted by atomic mass is 10.2. The highest BCUT2D eigenvalue weighted by Gasteiger charge is 2.41. The molecular weight excluding hydrogens is 462 g/mol. The van der Waals surface area contributed by atoms with E-state index in [1.54, 1.807) is 30.3 Å². The zero-order valence-electron chi connectivity index (χ0n) is 18.2. The van der Waals surface area contributed by atoms with E-state index in [0.717, 1.165) is 24.4 Å². The molecule has 1 atom stereocenters. The summed E-state index contributed by atoms with van der Waals surface area (Å²) in [5.41, 5.74) is 1.80. The minimum Gasteiger partial charge on any atom is -0.339 e. The lowest BCUT2D eigenvalue weighted by Crippen LogP contribution is -2.54. The van der Waals surface area contributed by atoms with E-state index >= 15 is 0 Å². The Balaban J connectivity index is 1.22. The molecule has 0 radical (unpaired) electrons. The van der Waals surface area contributed by atoms with E-state index in [1.807, 2.05) is 33.8 Å². The van der Waals surface area contributed by atoms with Gasteiger partial charge in [0.1, 0.15) is 11.7 Å². The molecular formula is C23H26ClN5O3S. The van der Waals surface area contributed by atoms with Crippen molar-refractivity contribution in [2.75, 3.05) is 32.7 Å². The first-order valence-electron chi connectivity index (χ1n) is 11.1. The molecule has 1 amide bonds. The van der Waals surface area contributed by atoms with Crippen LogP contribution in [0.1, 0.15) is 18.5 Å². The van der Waals surface area contributed by atoms with Crippen LogP contribution < -0.4 is 0 Å². The van der Waals surface area contributed by atoms with E-state index in [0.29, 0.717) is 44.0 Å². The number of amides is 1. The normalized spacial score (nSPS) is 20.5. The van der Waals surface area contributed by atoms with Crippen LogP contribution in [0.5, 0.6) is 0 Å². The van der Waals surface area contributed by atoms with Gasteiger partial charge < -0.3 is 9.30 Å². The molecule has 0 aliphatic carbocycles. The molecule has 10 heteroatoms. The lowest BCUT2D eigenvalue weighted by Gasteiger charge is -2.36. The van der Waals surface area contributed by atoms with Crippen LogP contribution in [-0.2, 0) is 21.4 Å². The summed E-state index contributed by atoms with van der Waals surface area (Å²) in [7, 11) is -3.68. The van der Waals surface area contributed by atoms with Gasteiger partial charge in [0.05, 0.1) is 15.6 Å². The van der Waals surface area contributed by atoms with Crippen LogP contribution in [0.25, 0.3) is 5.65 Å². The van der Waals surface area contributed by atoms with Gasteiger partial charge in [-0.25, -0.2) is 13.4 Å². The zero-order chi connectivity index (χ0) is 23.0. The summed E-state index contributed by atoms with van der Waals surface area (Å²) >= 11 is 6.05. The van der Waals surface area contributed by atoms with Crippen LogP contribution in [-0.4, -0.2) is 76.6 Å². The molecule has 2 aliphatic rings. The number of piperazine rings is 1. The lowest BCUT2D eigenvalue weighted by molar-refractivity contribution is -0.136. The molecule has 2 saturated heterocycles. The topological polar surface area (TPSA) is 78.2 Å². The van der Waals surface area contributed by atoms with Crippen LogP contribution >= 0.6 is 11.6 Å². The first kappa shape index (κ1) is 22.3. The molecule has 2 aliphatic heterocycles. The second kappa shape index (κ2) is 9.06. The predicted octanol–water partition coefficient (Wildman–Crippen LogP) is 2.49. The van der Waals surface area contributed by atoms with Gasteiger partial charge in [-0.2, -0.15) is 4.31 Å². The fourth-order valence-corrected chi connectivity index (χ4v) is 6.50. The molecule has 3 aromatic rings. The van der Waals surface area contributed by atoms with Gasteiger partial charge in [0.25, 0.3) is 0 Å². The number of fused-ring (bicyclic) bond motifs is 1. The Morgan fingerprint density at radius 2 is 1.76 bits per heavy atom. The van der Waals surface area contributed by atoms with Crippen molar-refractivity contribution < 1.29 is 13.2 Å². The standard InChI is InChI=1S/C23H26ClN5O3S/c24-18-8-9-22-25-19(17-28(22)15-18)16-26-11-13-27(14-12-26)23(30)21-7-4-10-29(21)33(31,32)20-5-2-1-3-6-20/h1-3,5-6,8-9,15,17,21H,4,7,10-14,16H2. The van der Waals surface area contributed by atoms with Crippen LogP contribution in [0.2, 0.25) is 5.02 Å². The van der Waals surface area contributed by atoms with E-state index in [2.05, 4.69) is 9.88 Å². The summed E-state index contributed by atoms with van der Waals surface area (Å²) < 4.78 is 29.5. The third kappa shape index (κ3) is 4.50. The predicted molar refractivity (Wildman–Crippen MR) is 125 cm³/mol. The van der Waals surface area contributed by atoms with Gasteiger partial charge in [-0.3, -0.25) is 9.69 Å². The summed E-state index contributed by atoms with van der Waals surface area (Å²) in [5.74, 6) is -0.0889. The van der Waals surface area contributed by atoms with Crippen LogP contribution in [0, 0.1) is 0 Å². The van der Waals surface area contributed by atoms with Gasteiger partial charge >= 0.3 is 0 Å². The van der Waals surface area contributed by atoms with Crippen LogP contribution in [0.4, 0.5) is 0 Å². The maximum absolute atomic E-state index is 13.3. The maximum atomic E-state index is 13.3. The van der Waals surface area contributed by atoms with E-state index in [4.69, 9.17) is 11.6 Å². The van der Waals surface area contributed by atoms with Gasteiger partial charge in [0.2, 0.25) is 15.9 Å². The molecule has 2 fully saturated rings. The molecule has 33 heavy (non-hydrogen) atoms. The van der Waals surface area contributed by atoms with Crippen molar-refractivity contribution in [2.45, 2.75) is 30.3 Å². The number of pyridine rings is 1. The summed E-state index contributed by atoms with van der Waals surface area (Å²) in [6.07, 6.45) is 5.07. The Labute approximate surface area is 198 Å². The summed E-state index contributed by atoms with van der Waals surface area (Å²) in [6.45, 7) is 3.67. The number of hydrogen-bond donors (Lipinski definition) is 0. The first-order chi connectivity index (χ1) is 15.9. The Morgan fingerprint density at radius 3 is 2.52 bits per heavy atom. The van der Waals surface area contributed by atoms with Crippen molar-refractivity contribution in [1.29, 1.82) is 0 Å². The number of carbonyl (C=O) groups is 1. The number of sulfonamides is 1. The Kier molecular flexibility index (Phi) is 6.13. The summed E-state index contributed by atoms with van der Waals surface area (Å²) in [5, 5.41) is 0.661. The second-order valence-corrected chi connectivity index (χ2v) is 10.9. The summed E-state index contributed by atoms with van der Waals surface area (Å²) in [4.78, 5) is 22.2. The SMILES string of the molecule is O=C(C1CCCN1S(=O)(=O)c1ccccc1)N1CCN(Cc2cn3cc(Cl)ccc3n2)CC1. The van der Waals surface area contributed by atoms with Crippen molar-refractivity contribution in [3.05, 3.63) is 65.6 Å². The highest BCUT2D eigenvalue weighted by molar-refractivity contribution is 7.89. The molecule has 0 bridgehead atoms. The molecule has 5 rings (SSSR count). The number of nitrogens with zero attached hydrogens (tertiary/aromatic N) is 5. The fourth-order valence-electron chi connectivity index (χ4n) is 4.66. The second-order valence-electron chi connectivity index (χ2n) is 8.53. The zero-order valence-corrected chi connectivity index (χ0v) is 19.7. The number of aromatic nitrogens is 2. The molecule has 4 heterocycles. The quantitative estimate of drug-likeness (QED) is 0.552. The van der Waals surface area contributed by atoms with Gasteiger partial charge in [-0.05, 0) is 37.1 Å². The minimum absolute atomic E-state index is 0.0889. The monoisotopic (exact) mass is 487 g/mol. The molecule has 8 nitrogen and oxygen atoms in total. The average Bonchev–Trinajstić information content (AvgIpc) is 3.47. The number of imidazole rings is 1. The largest absolute Gasteiger partial charge is 0.339 e. The third-order valence-corrected chi connectivity index (χ3v) is 8.52. The third-order valence-electron chi connectivity index (χ3n) is 6.37. The number of halogens is 1.